The maximum absolute atomic E-state index is 12.0. The van der Waals surface area contributed by atoms with E-state index in [4.69, 9.17) is 14.2 Å². The lowest BCUT2D eigenvalue weighted by atomic mass is 10.3. The molecule has 0 N–H and O–H groups in total. The van der Waals surface area contributed by atoms with E-state index in [1.54, 1.807) is 27.7 Å². The highest BCUT2D eigenvalue weighted by molar-refractivity contribution is 5.95. The van der Waals surface area contributed by atoms with Crippen LogP contribution in [-0.4, -0.2) is 29.1 Å². The highest BCUT2D eigenvalue weighted by atomic mass is 16.6. The molecule has 0 unspecified atom stereocenters. The van der Waals surface area contributed by atoms with E-state index in [1.807, 2.05) is 0 Å². The van der Waals surface area contributed by atoms with Gasteiger partial charge in [0, 0.05) is 6.07 Å². The fourth-order valence-corrected chi connectivity index (χ4v) is 1.56. The Morgan fingerprint density at radius 1 is 1.12 bits per heavy atom. The first-order valence-corrected chi connectivity index (χ1v) is 7.24. The van der Waals surface area contributed by atoms with Crippen molar-refractivity contribution in [3.63, 3.8) is 0 Å². The topological polar surface area (TPSA) is 105 Å². The monoisotopic (exact) mass is 337 g/mol. The van der Waals surface area contributed by atoms with Crippen molar-refractivity contribution in [2.24, 2.45) is 0 Å². The number of esters is 2. The molecule has 8 heteroatoms. The van der Waals surface area contributed by atoms with Crippen LogP contribution in [0, 0.1) is 10.1 Å². The maximum atomic E-state index is 12.0. The Kier molecular flexibility index (Phi) is 6.91. The molecule has 0 heterocycles. The minimum atomic E-state index is -0.878. The van der Waals surface area contributed by atoms with Crippen LogP contribution in [0.3, 0.4) is 0 Å². The molecule has 0 spiro atoms. The summed E-state index contributed by atoms with van der Waals surface area (Å²) < 4.78 is 15.2. The summed E-state index contributed by atoms with van der Waals surface area (Å²) in [6, 6.07) is 5.21. The fourth-order valence-electron chi connectivity index (χ4n) is 1.56. The Bertz CT molecular complexity index is 650. The van der Waals surface area contributed by atoms with Gasteiger partial charge >= 0.3 is 11.9 Å². The molecule has 0 aliphatic rings. The molecule has 0 saturated carbocycles. The van der Waals surface area contributed by atoms with Gasteiger partial charge in [0.2, 0.25) is 5.76 Å². The number of nitro benzene ring substituents is 1. The predicted molar refractivity (Wildman–Crippen MR) is 84.3 cm³/mol. The largest absolute Gasteiger partial charge is 0.460 e. The van der Waals surface area contributed by atoms with Gasteiger partial charge in [-0.15, -0.1) is 0 Å². The van der Waals surface area contributed by atoms with Crippen molar-refractivity contribution < 1.29 is 28.7 Å². The van der Waals surface area contributed by atoms with Crippen LogP contribution in [0.25, 0.3) is 0 Å². The summed E-state index contributed by atoms with van der Waals surface area (Å²) in [5, 5.41) is 10.8. The van der Waals surface area contributed by atoms with Crippen molar-refractivity contribution >= 4 is 17.6 Å². The summed E-state index contributed by atoms with van der Waals surface area (Å²) in [6.07, 6.45) is 0.0356. The number of non-ortho nitro benzene ring substituents is 1. The molecule has 0 aliphatic heterocycles. The summed E-state index contributed by atoms with van der Waals surface area (Å²) in [6.45, 7) is 6.57. The highest BCUT2D eigenvalue weighted by Crippen LogP contribution is 2.21. The van der Waals surface area contributed by atoms with Gasteiger partial charge in [0.1, 0.15) is 5.75 Å². The van der Waals surface area contributed by atoms with E-state index in [1.165, 1.54) is 18.2 Å². The number of rotatable bonds is 7. The second-order valence-corrected chi connectivity index (χ2v) is 5.30. The molecule has 0 radical (unpaired) electrons. The predicted octanol–water partition coefficient (Wildman–Crippen LogP) is 2.76. The van der Waals surface area contributed by atoms with Crippen LogP contribution in [0.4, 0.5) is 5.69 Å². The third-order valence-corrected chi connectivity index (χ3v) is 2.40. The third-order valence-electron chi connectivity index (χ3n) is 2.40. The van der Waals surface area contributed by atoms with Gasteiger partial charge in [0.05, 0.1) is 29.3 Å². The molecule has 0 aromatic heterocycles. The zero-order valence-electron chi connectivity index (χ0n) is 13.8. The molecule has 1 aromatic carbocycles. The SMILES string of the molecule is CC(C)OC(=O)/C=C(\Oc1cccc([N+](=O)[O-])c1)C(=O)OC(C)C. The van der Waals surface area contributed by atoms with Crippen molar-refractivity contribution in [2.75, 3.05) is 0 Å². The van der Waals surface area contributed by atoms with Crippen LogP contribution in [0.2, 0.25) is 0 Å². The number of nitrogens with zero attached hydrogens (tertiary/aromatic N) is 1. The molecule has 0 saturated heterocycles. The first kappa shape index (κ1) is 19.1. The molecule has 0 atom stereocenters. The quantitative estimate of drug-likeness (QED) is 0.248. The zero-order valence-corrected chi connectivity index (χ0v) is 13.8. The molecule has 0 amide bonds. The second-order valence-electron chi connectivity index (χ2n) is 5.30. The van der Waals surface area contributed by atoms with E-state index in [2.05, 4.69) is 0 Å². The molecule has 0 bridgehead atoms. The lowest BCUT2D eigenvalue weighted by Crippen LogP contribution is -2.19. The van der Waals surface area contributed by atoms with Crippen LogP contribution in [-0.2, 0) is 19.1 Å². The first-order valence-electron chi connectivity index (χ1n) is 7.24. The average Bonchev–Trinajstić information content (AvgIpc) is 2.45. The normalized spacial score (nSPS) is 11.3. The minimum absolute atomic E-state index is 0.0218. The molecular formula is C16H19NO7. The summed E-state index contributed by atoms with van der Waals surface area (Å²) in [4.78, 5) is 34.0. The Hall–Kier alpha value is -2.90. The standard InChI is InChI=1S/C16H19NO7/c1-10(2)22-15(18)9-14(16(19)23-11(3)4)24-13-7-5-6-12(8-13)17(20)21/h5-11H,1-4H3/b14-9-. The number of benzene rings is 1. The smallest absolute Gasteiger partial charge is 0.374 e. The maximum Gasteiger partial charge on any atom is 0.374 e. The van der Waals surface area contributed by atoms with Crippen LogP contribution in [0.5, 0.6) is 5.75 Å². The zero-order chi connectivity index (χ0) is 18.3. The van der Waals surface area contributed by atoms with E-state index in [9.17, 15) is 19.7 Å². The Morgan fingerprint density at radius 2 is 1.75 bits per heavy atom. The van der Waals surface area contributed by atoms with Crippen molar-refractivity contribution in [1.82, 2.24) is 0 Å². The van der Waals surface area contributed by atoms with Crippen LogP contribution >= 0.6 is 0 Å². The lowest BCUT2D eigenvalue weighted by Gasteiger charge is -2.12. The summed E-state index contributed by atoms with van der Waals surface area (Å²) >= 11 is 0. The van der Waals surface area contributed by atoms with E-state index in [0.29, 0.717) is 0 Å². The first-order chi connectivity index (χ1) is 11.2. The summed E-state index contributed by atoms with van der Waals surface area (Å²) in [5.74, 6) is -2.06. The van der Waals surface area contributed by atoms with E-state index in [-0.39, 0.29) is 17.5 Å². The van der Waals surface area contributed by atoms with Gasteiger partial charge in [-0.05, 0) is 33.8 Å². The molecule has 130 valence electrons. The van der Waals surface area contributed by atoms with Gasteiger partial charge in [-0.25, -0.2) is 9.59 Å². The van der Waals surface area contributed by atoms with Gasteiger partial charge in [-0.1, -0.05) is 6.07 Å². The molecule has 1 rings (SSSR count). The van der Waals surface area contributed by atoms with Gasteiger partial charge in [0.15, 0.2) is 0 Å². The number of ether oxygens (including phenoxy) is 3. The summed E-state index contributed by atoms with van der Waals surface area (Å²) in [7, 11) is 0. The van der Waals surface area contributed by atoms with Gasteiger partial charge in [-0.3, -0.25) is 10.1 Å². The molecule has 8 nitrogen and oxygen atoms in total. The highest BCUT2D eigenvalue weighted by Gasteiger charge is 2.19. The lowest BCUT2D eigenvalue weighted by molar-refractivity contribution is -0.384. The second kappa shape index (κ2) is 8.66. The molecule has 1 aromatic rings. The third kappa shape index (κ3) is 6.47. The van der Waals surface area contributed by atoms with Gasteiger partial charge in [-0.2, -0.15) is 0 Å². The van der Waals surface area contributed by atoms with Crippen LogP contribution in [0.1, 0.15) is 27.7 Å². The van der Waals surface area contributed by atoms with Crippen LogP contribution < -0.4 is 4.74 Å². The summed E-state index contributed by atoms with van der Waals surface area (Å²) in [5.41, 5.74) is -0.214. The Labute approximate surface area is 139 Å². The van der Waals surface area contributed by atoms with E-state index < -0.39 is 28.7 Å². The van der Waals surface area contributed by atoms with Gasteiger partial charge < -0.3 is 14.2 Å². The molecule has 24 heavy (non-hydrogen) atoms. The van der Waals surface area contributed by atoms with Crippen molar-refractivity contribution in [3.05, 3.63) is 46.2 Å². The number of carbonyl (C=O) groups is 2. The number of hydrogen-bond donors (Lipinski definition) is 0. The van der Waals surface area contributed by atoms with Crippen molar-refractivity contribution in [3.8, 4) is 5.75 Å². The molecular weight excluding hydrogens is 318 g/mol. The number of hydrogen-bond acceptors (Lipinski definition) is 7. The molecule has 0 fully saturated rings. The minimum Gasteiger partial charge on any atom is -0.460 e. The Balaban J connectivity index is 3.07. The van der Waals surface area contributed by atoms with E-state index in [0.717, 1.165) is 12.1 Å². The van der Waals surface area contributed by atoms with E-state index >= 15 is 0 Å². The van der Waals surface area contributed by atoms with Gasteiger partial charge in [0.25, 0.3) is 5.69 Å². The fraction of sp³-hybridized carbons (Fsp3) is 0.375. The molecule has 0 aliphatic carbocycles. The van der Waals surface area contributed by atoms with Crippen LogP contribution in [0.15, 0.2) is 36.1 Å². The van der Waals surface area contributed by atoms with Crippen molar-refractivity contribution in [2.45, 2.75) is 39.9 Å². The average molecular weight is 337 g/mol. The number of nitro groups is 1. The van der Waals surface area contributed by atoms with Crippen molar-refractivity contribution in [1.29, 1.82) is 0 Å². The number of carbonyl (C=O) groups excluding carboxylic acids is 2. The Morgan fingerprint density at radius 3 is 2.29 bits per heavy atom.